The molecule has 110 valence electrons. The normalized spacial score (nSPS) is 19.6. The van der Waals surface area contributed by atoms with Crippen molar-refractivity contribution in [1.29, 1.82) is 0 Å². The van der Waals surface area contributed by atoms with Crippen molar-refractivity contribution in [3.8, 4) is 0 Å². The first-order chi connectivity index (χ1) is 9.58. The first kappa shape index (κ1) is 16.9. The summed E-state index contributed by atoms with van der Waals surface area (Å²) in [6, 6.07) is 2.44. The van der Waals surface area contributed by atoms with Gasteiger partial charge in [-0.05, 0) is 46.6 Å². The standard InChI is InChI=1S/C10H15N3S.C5H9N/c1-7-6-9(12-8(2)11-7)10-4-3-5-13(10)14;1-3-5-6-4-2/h6,10,14H,3-5H2,1-2H3;3-5H,1-2H3/b;5-3-,6-4?. The number of aliphatic imine (C=N–C) groups is 1. The van der Waals surface area contributed by atoms with E-state index in [4.69, 9.17) is 0 Å². The Hall–Kier alpha value is -1.20. The molecule has 1 aliphatic heterocycles. The van der Waals surface area contributed by atoms with Gasteiger partial charge in [0.1, 0.15) is 5.82 Å². The highest BCUT2D eigenvalue weighted by molar-refractivity contribution is 7.77. The molecule has 0 aromatic carbocycles. The second-order valence-electron chi connectivity index (χ2n) is 4.69. The fourth-order valence-corrected chi connectivity index (χ4v) is 2.52. The molecule has 1 fully saturated rings. The summed E-state index contributed by atoms with van der Waals surface area (Å²) < 4.78 is 2.07. The number of allylic oxidation sites excluding steroid dienone is 1. The van der Waals surface area contributed by atoms with E-state index in [9.17, 15) is 0 Å². The fourth-order valence-electron chi connectivity index (χ4n) is 2.14. The lowest BCUT2D eigenvalue weighted by Crippen LogP contribution is -2.14. The van der Waals surface area contributed by atoms with Crippen LogP contribution in [0.4, 0.5) is 0 Å². The zero-order valence-corrected chi connectivity index (χ0v) is 13.6. The average molecular weight is 292 g/mol. The van der Waals surface area contributed by atoms with Crippen molar-refractivity contribution >= 4 is 19.0 Å². The van der Waals surface area contributed by atoms with Crippen molar-refractivity contribution in [2.75, 3.05) is 6.54 Å². The van der Waals surface area contributed by atoms with Gasteiger partial charge in [0.15, 0.2) is 0 Å². The first-order valence-corrected chi connectivity index (χ1v) is 7.35. The molecule has 0 amide bonds. The number of aromatic nitrogens is 2. The van der Waals surface area contributed by atoms with E-state index in [0.717, 1.165) is 30.2 Å². The molecule has 20 heavy (non-hydrogen) atoms. The third kappa shape index (κ3) is 5.43. The van der Waals surface area contributed by atoms with Crippen LogP contribution in [-0.2, 0) is 0 Å². The van der Waals surface area contributed by atoms with Crippen LogP contribution in [0.2, 0.25) is 0 Å². The third-order valence-electron chi connectivity index (χ3n) is 2.94. The largest absolute Gasteiger partial charge is 0.270 e. The molecule has 2 heterocycles. The Kier molecular flexibility index (Phi) is 7.47. The zero-order valence-electron chi connectivity index (χ0n) is 12.7. The Balaban J connectivity index is 0.000000286. The molecule has 1 unspecified atom stereocenters. The molecule has 0 radical (unpaired) electrons. The first-order valence-electron chi connectivity index (χ1n) is 6.95. The molecule has 0 bridgehead atoms. The number of rotatable bonds is 2. The fraction of sp³-hybridized carbons (Fsp3) is 0.533. The Morgan fingerprint density at radius 3 is 2.55 bits per heavy atom. The van der Waals surface area contributed by atoms with Gasteiger partial charge in [0.2, 0.25) is 0 Å². The molecule has 4 nitrogen and oxygen atoms in total. The Morgan fingerprint density at radius 2 is 2.10 bits per heavy atom. The van der Waals surface area contributed by atoms with E-state index in [1.54, 1.807) is 12.4 Å². The number of hydrogen-bond acceptors (Lipinski definition) is 5. The van der Waals surface area contributed by atoms with Crippen LogP contribution in [0, 0.1) is 13.8 Å². The van der Waals surface area contributed by atoms with Crippen LogP contribution in [-0.4, -0.2) is 27.0 Å². The predicted octanol–water partition coefficient (Wildman–Crippen LogP) is 3.69. The third-order valence-corrected chi connectivity index (χ3v) is 3.41. The van der Waals surface area contributed by atoms with Gasteiger partial charge in [-0.1, -0.05) is 18.9 Å². The smallest absolute Gasteiger partial charge is 0.125 e. The number of hydrogen-bond donors (Lipinski definition) is 1. The van der Waals surface area contributed by atoms with Crippen molar-refractivity contribution < 1.29 is 0 Å². The van der Waals surface area contributed by atoms with Crippen LogP contribution in [0.25, 0.3) is 0 Å². The summed E-state index contributed by atoms with van der Waals surface area (Å²) >= 11 is 4.44. The van der Waals surface area contributed by atoms with E-state index in [0.29, 0.717) is 6.04 Å². The van der Waals surface area contributed by atoms with Crippen LogP contribution in [0.15, 0.2) is 23.3 Å². The van der Waals surface area contributed by atoms with Gasteiger partial charge in [0.05, 0.1) is 11.7 Å². The van der Waals surface area contributed by atoms with Crippen molar-refractivity contribution in [3.05, 3.63) is 35.6 Å². The average Bonchev–Trinajstić information content (AvgIpc) is 2.82. The Bertz CT molecular complexity index is 441. The van der Waals surface area contributed by atoms with Crippen molar-refractivity contribution in [1.82, 2.24) is 14.3 Å². The summed E-state index contributed by atoms with van der Waals surface area (Å²) in [5.74, 6) is 0.855. The van der Waals surface area contributed by atoms with Crippen LogP contribution in [0.3, 0.4) is 0 Å². The Labute approximate surface area is 127 Å². The van der Waals surface area contributed by atoms with Crippen LogP contribution in [0.1, 0.15) is 49.9 Å². The SMILES string of the molecule is CC=N/C=C\C.Cc1cc(C2CCCN2S)nc(C)n1. The molecule has 1 aromatic rings. The maximum absolute atomic E-state index is 4.46. The minimum absolute atomic E-state index is 0.374. The summed E-state index contributed by atoms with van der Waals surface area (Å²) in [6.45, 7) is 8.83. The van der Waals surface area contributed by atoms with Gasteiger partial charge in [-0.25, -0.2) is 14.3 Å². The van der Waals surface area contributed by atoms with Crippen molar-refractivity contribution in [2.45, 2.75) is 46.6 Å². The molecule has 1 aliphatic rings. The van der Waals surface area contributed by atoms with Crippen molar-refractivity contribution in [2.24, 2.45) is 4.99 Å². The van der Waals surface area contributed by atoms with Gasteiger partial charge in [0, 0.05) is 24.7 Å². The number of aryl methyl sites for hydroxylation is 2. The van der Waals surface area contributed by atoms with E-state index in [-0.39, 0.29) is 0 Å². The molecular formula is C15H24N4S. The predicted molar refractivity (Wildman–Crippen MR) is 88.2 cm³/mol. The lowest BCUT2D eigenvalue weighted by molar-refractivity contribution is 0.446. The molecular weight excluding hydrogens is 268 g/mol. The molecule has 1 atom stereocenters. The lowest BCUT2D eigenvalue weighted by atomic mass is 10.1. The van der Waals surface area contributed by atoms with E-state index in [1.807, 2.05) is 33.8 Å². The maximum Gasteiger partial charge on any atom is 0.125 e. The quantitative estimate of drug-likeness (QED) is 0.667. The van der Waals surface area contributed by atoms with Crippen LogP contribution < -0.4 is 0 Å². The molecule has 1 saturated heterocycles. The molecule has 5 heteroatoms. The second-order valence-corrected chi connectivity index (χ2v) is 5.21. The molecule has 0 spiro atoms. The van der Waals surface area contributed by atoms with E-state index < -0.39 is 0 Å². The molecule has 1 aromatic heterocycles. The highest BCUT2D eigenvalue weighted by atomic mass is 32.1. The van der Waals surface area contributed by atoms with E-state index in [2.05, 4.69) is 38.1 Å². The summed E-state index contributed by atoms with van der Waals surface area (Å²) in [4.78, 5) is 12.5. The van der Waals surface area contributed by atoms with Crippen LogP contribution in [0.5, 0.6) is 0 Å². The number of nitrogens with zero attached hydrogens (tertiary/aromatic N) is 4. The van der Waals surface area contributed by atoms with E-state index >= 15 is 0 Å². The maximum atomic E-state index is 4.46. The minimum atomic E-state index is 0.374. The summed E-state index contributed by atoms with van der Waals surface area (Å²) in [5.41, 5.74) is 2.16. The van der Waals surface area contributed by atoms with Crippen molar-refractivity contribution in [3.63, 3.8) is 0 Å². The summed E-state index contributed by atoms with van der Waals surface area (Å²) in [6.07, 6.45) is 7.75. The minimum Gasteiger partial charge on any atom is -0.270 e. The highest BCUT2D eigenvalue weighted by Crippen LogP contribution is 2.31. The highest BCUT2D eigenvalue weighted by Gasteiger charge is 2.24. The topological polar surface area (TPSA) is 41.4 Å². The molecule has 0 aliphatic carbocycles. The molecule has 0 saturated carbocycles. The van der Waals surface area contributed by atoms with Gasteiger partial charge in [-0.3, -0.25) is 4.99 Å². The lowest BCUT2D eigenvalue weighted by Gasteiger charge is -2.17. The molecule has 2 rings (SSSR count). The monoisotopic (exact) mass is 292 g/mol. The summed E-state index contributed by atoms with van der Waals surface area (Å²) in [5, 5.41) is 0. The van der Waals surface area contributed by atoms with Gasteiger partial charge in [0.25, 0.3) is 0 Å². The number of thiol groups is 1. The molecule has 0 N–H and O–H groups in total. The van der Waals surface area contributed by atoms with Gasteiger partial charge < -0.3 is 0 Å². The Morgan fingerprint density at radius 1 is 1.35 bits per heavy atom. The van der Waals surface area contributed by atoms with Crippen LogP contribution >= 0.6 is 12.8 Å². The van der Waals surface area contributed by atoms with Gasteiger partial charge in [-0.15, -0.1) is 0 Å². The van der Waals surface area contributed by atoms with Gasteiger partial charge in [-0.2, -0.15) is 0 Å². The second kappa shape index (κ2) is 8.87. The summed E-state index contributed by atoms with van der Waals surface area (Å²) in [7, 11) is 0. The van der Waals surface area contributed by atoms with Gasteiger partial charge >= 0.3 is 0 Å². The zero-order chi connectivity index (χ0) is 15.0. The van der Waals surface area contributed by atoms with E-state index in [1.165, 1.54) is 6.42 Å².